The van der Waals surface area contributed by atoms with Gasteiger partial charge in [0.2, 0.25) is 0 Å². The Balaban J connectivity index is 2.01. The number of ketones is 1. The van der Waals surface area contributed by atoms with Crippen LogP contribution in [0, 0.1) is 12.8 Å². The molecular formula is C17H16O2. The molecule has 1 aliphatic heterocycles. The van der Waals surface area contributed by atoms with E-state index in [4.69, 9.17) is 4.74 Å². The van der Waals surface area contributed by atoms with Gasteiger partial charge in [0.1, 0.15) is 11.9 Å². The number of benzene rings is 2. The van der Waals surface area contributed by atoms with Crippen LogP contribution in [0.3, 0.4) is 0 Å². The topological polar surface area (TPSA) is 26.3 Å². The molecule has 0 amide bonds. The summed E-state index contributed by atoms with van der Waals surface area (Å²) in [5.41, 5.74) is 2.96. The molecule has 19 heavy (non-hydrogen) atoms. The van der Waals surface area contributed by atoms with E-state index >= 15 is 0 Å². The van der Waals surface area contributed by atoms with Crippen LogP contribution in [0.25, 0.3) is 0 Å². The number of rotatable bonds is 1. The molecule has 0 fully saturated rings. The predicted octanol–water partition coefficient (Wildman–Crippen LogP) is 3.95. The molecule has 2 unspecified atom stereocenters. The van der Waals surface area contributed by atoms with E-state index in [2.05, 4.69) is 19.1 Å². The van der Waals surface area contributed by atoms with E-state index in [0.717, 1.165) is 5.56 Å². The first-order valence-corrected chi connectivity index (χ1v) is 6.53. The molecule has 2 atom stereocenters. The molecule has 2 nitrogen and oxygen atoms in total. The van der Waals surface area contributed by atoms with E-state index in [1.807, 2.05) is 43.3 Å². The number of ether oxygens (including phenoxy) is 1. The van der Waals surface area contributed by atoms with E-state index in [1.165, 1.54) is 5.56 Å². The van der Waals surface area contributed by atoms with Crippen LogP contribution < -0.4 is 4.74 Å². The maximum absolute atomic E-state index is 12.4. The quantitative estimate of drug-likeness (QED) is 0.768. The smallest absolute Gasteiger partial charge is 0.173 e. The highest BCUT2D eigenvalue weighted by atomic mass is 16.5. The summed E-state index contributed by atoms with van der Waals surface area (Å²) in [5.74, 6) is 0.696. The molecule has 0 radical (unpaired) electrons. The lowest BCUT2D eigenvalue weighted by Crippen LogP contribution is -2.29. The molecule has 1 heterocycles. The number of Topliss-reactive ketones (excluding diaryl/α,β-unsaturated/α-hetero) is 1. The van der Waals surface area contributed by atoms with Crippen LogP contribution >= 0.6 is 0 Å². The van der Waals surface area contributed by atoms with Gasteiger partial charge in [0, 0.05) is 0 Å². The number of aryl methyl sites for hydroxylation is 1. The summed E-state index contributed by atoms with van der Waals surface area (Å²) in [6.07, 6.45) is -0.192. The van der Waals surface area contributed by atoms with Gasteiger partial charge in [-0.2, -0.15) is 0 Å². The number of carbonyl (C=O) groups excluding carboxylic acids is 1. The number of hydrogen-bond acceptors (Lipinski definition) is 2. The summed E-state index contributed by atoms with van der Waals surface area (Å²) < 4.78 is 6.02. The largest absolute Gasteiger partial charge is 0.484 e. The predicted molar refractivity (Wildman–Crippen MR) is 74.5 cm³/mol. The molecule has 96 valence electrons. The molecule has 0 saturated heterocycles. The van der Waals surface area contributed by atoms with Crippen molar-refractivity contribution in [2.75, 3.05) is 0 Å². The van der Waals surface area contributed by atoms with Crippen LogP contribution in [0.15, 0.2) is 48.5 Å². The van der Waals surface area contributed by atoms with Gasteiger partial charge < -0.3 is 4.74 Å². The van der Waals surface area contributed by atoms with Crippen molar-refractivity contribution < 1.29 is 9.53 Å². The van der Waals surface area contributed by atoms with Gasteiger partial charge >= 0.3 is 0 Å². The molecule has 3 rings (SSSR count). The number of fused-ring (bicyclic) bond motifs is 1. The van der Waals surface area contributed by atoms with Crippen LogP contribution in [-0.4, -0.2) is 5.78 Å². The van der Waals surface area contributed by atoms with Gasteiger partial charge in [0.05, 0.1) is 11.5 Å². The summed E-state index contributed by atoms with van der Waals surface area (Å²) in [7, 11) is 0. The van der Waals surface area contributed by atoms with Crippen LogP contribution in [0.5, 0.6) is 5.75 Å². The molecular weight excluding hydrogens is 236 g/mol. The molecule has 1 aliphatic rings. The van der Waals surface area contributed by atoms with Gasteiger partial charge in [-0.3, -0.25) is 4.79 Å². The highest BCUT2D eigenvalue weighted by molar-refractivity contribution is 6.01. The minimum atomic E-state index is -0.192. The number of hydrogen-bond donors (Lipinski definition) is 0. The second kappa shape index (κ2) is 4.54. The van der Waals surface area contributed by atoms with E-state index in [-0.39, 0.29) is 17.8 Å². The second-order valence-corrected chi connectivity index (χ2v) is 5.10. The molecule has 2 aromatic rings. The van der Waals surface area contributed by atoms with E-state index < -0.39 is 0 Å². The lowest BCUT2D eigenvalue weighted by Gasteiger charge is -2.30. The molecule has 0 aliphatic carbocycles. The standard InChI is InChI=1S/C17H16O2/c1-11-7-9-13(10-8-11)17-12(2)16(18)14-5-3-4-6-15(14)19-17/h3-10,12,17H,1-2H3. The van der Waals surface area contributed by atoms with E-state index in [0.29, 0.717) is 11.3 Å². The van der Waals surface area contributed by atoms with Gasteiger partial charge in [0.15, 0.2) is 5.78 Å². The second-order valence-electron chi connectivity index (χ2n) is 5.10. The highest BCUT2D eigenvalue weighted by Crippen LogP contribution is 2.38. The Hall–Kier alpha value is -2.09. The molecule has 0 spiro atoms. The first-order chi connectivity index (χ1) is 9.16. The van der Waals surface area contributed by atoms with Crippen LogP contribution in [0.1, 0.15) is 34.5 Å². The fraction of sp³-hybridized carbons (Fsp3) is 0.235. The third-order valence-corrected chi connectivity index (χ3v) is 3.68. The molecule has 0 N–H and O–H groups in total. The van der Waals surface area contributed by atoms with Gasteiger partial charge in [-0.1, -0.05) is 48.9 Å². The molecule has 2 aromatic carbocycles. The zero-order valence-corrected chi connectivity index (χ0v) is 11.1. The molecule has 0 aromatic heterocycles. The SMILES string of the molecule is Cc1ccc(C2Oc3ccccc3C(=O)C2C)cc1. The normalized spacial score (nSPS) is 21.7. The van der Waals surface area contributed by atoms with Crippen LogP contribution in [0.2, 0.25) is 0 Å². The summed E-state index contributed by atoms with van der Waals surface area (Å²) in [6.45, 7) is 3.98. The third-order valence-electron chi connectivity index (χ3n) is 3.68. The van der Waals surface area contributed by atoms with Crippen molar-refractivity contribution in [2.24, 2.45) is 5.92 Å². The van der Waals surface area contributed by atoms with E-state index in [1.54, 1.807) is 0 Å². The fourth-order valence-electron chi connectivity index (χ4n) is 2.51. The Morgan fingerprint density at radius 3 is 2.42 bits per heavy atom. The number of para-hydroxylation sites is 1. The Morgan fingerprint density at radius 1 is 1.00 bits per heavy atom. The Labute approximate surface area is 113 Å². The average molecular weight is 252 g/mol. The Morgan fingerprint density at radius 2 is 1.68 bits per heavy atom. The van der Waals surface area contributed by atoms with Crippen molar-refractivity contribution in [3.8, 4) is 5.75 Å². The van der Waals surface area contributed by atoms with Gasteiger partial charge in [-0.05, 0) is 24.6 Å². The highest BCUT2D eigenvalue weighted by Gasteiger charge is 2.34. The lowest BCUT2D eigenvalue weighted by molar-refractivity contribution is 0.0690. The summed E-state index contributed by atoms with van der Waals surface area (Å²) >= 11 is 0. The monoisotopic (exact) mass is 252 g/mol. The van der Waals surface area contributed by atoms with Crippen molar-refractivity contribution >= 4 is 5.78 Å². The summed E-state index contributed by atoms with van der Waals surface area (Å²) in [6, 6.07) is 15.6. The van der Waals surface area contributed by atoms with Crippen LogP contribution in [-0.2, 0) is 0 Å². The van der Waals surface area contributed by atoms with Crippen molar-refractivity contribution in [3.63, 3.8) is 0 Å². The molecule has 0 saturated carbocycles. The van der Waals surface area contributed by atoms with Gasteiger partial charge in [-0.25, -0.2) is 0 Å². The first kappa shape index (κ1) is 12.0. The summed E-state index contributed by atoms with van der Waals surface area (Å²) in [5, 5.41) is 0. The van der Waals surface area contributed by atoms with Gasteiger partial charge in [0.25, 0.3) is 0 Å². The van der Waals surface area contributed by atoms with Crippen molar-refractivity contribution in [1.29, 1.82) is 0 Å². The number of carbonyl (C=O) groups is 1. The molecule has 0 bridgehead atoms. The minimum absolute atomic E-state index is 0.155. The first-order valence-electron chi connectivity index (χ1n) is 6.53. The third kappa shape index (κ3) is 2.03. The summed E-state index contributed by atoms with van der Waals surface area (Å²) in [4.78, 5) is 12.4. The fourth-order valence-corrected chi connectivity index (χ4v) is 2.51. The lowest BCUT2D eigenvalue weighted by atomic mass is 9.87. The van der Waals surface area contributed by atoms with Crippen molar-refractivity contribution in [3.05, 3.63) is 65.2 Å². The Bertz CT molecular complexity index is 613. The maximum atomic E-state index is 12.4. The minimum Gasteiger partial charge on any atom is -0.484 e. The van der Waals surface area contributed by atoms with Crippen LogP contribution in [0.4, 0.5) is 0 Å². The van der Waals surface area contributed by atoms with E-state index in [9.17, 15) is 4.79 Å². The Kier molecular flexibility index (Phi) is 2.86. The van der Waals surface area contributed by atoms with Crippen molar-refractivity contribution in [1.82, 2.24) is 0 Å². The zero-order valence-electron chi connectivity index (χ0n) is 11.1. The average Bonchev–Trinajstić information content (AvgIpc) is 2.44. The zero-order chi connectivity index (χ0) is 13.4. The maximum Gasteiger partial charge on any atom is 0.173 e. The molecule has 2 heteroatoms. The van der Waals surface area contributed by atoms with Gasteiger partial charge in [-0.15, -0.1) is 0 Å². The van der Waals surface area contributed by atoms with Crippen molar-refractivity contribution in [2.45, 2.75) is 20.0 Å².